The van der Waals surface area contributed by atoms with Crippen LogP contribution in [0.2, 0.25) is 0 Å². The summed E-state index contributed by atoms with van der Waals surface area (Å²) in [7, 11) is 4.00. The second kappa shape index (κ2) is 6.47. The van der Waals surface area contributed by atoms with Gasteiger partial charge in [0.25, 0.3) is 6.42 Å². The predicted molar refractivity (Wildman–Crippen MR) is 120 cm³/mol. The molecule has 4 nitrogen and oxygen atoms in total. The minimum atomic E-state index is -2.53. The summed E-state index contributed by atoms with van der Waals surface area (Å²) >= 11 is 9.73. The van der Waals surface area contributed by atoms with Gasteiger partial charge in [-0.05, 0) is 47.7 Å². The summed E-state index contributed by atoms with van der Waals surface area (Å²) < 4.78 is 9.29. The molecule has 2 aliphatic rings. The highest BCUT2D eigenvalue weighted by Gasteiger charge is 2.46. The number of nitrogens with zero attached hydrogens (tertiary/aromatic N) is 3. The van der Waals surface area contributed by atoms with Crippen LogP contribution in [-0.2, 0) is 17.2 Å². The van der Waals surface area contributed by atoms with Crippen molar-refractivity contribution in [1.29, 1.82) is 0 Å². The van der Waals surface area contributed by atoms with E-state index in [1.54, 1.807) is 0 Å². The maximum absolute atomic E-state index is 6.40. The van der Waals surface area contributed by atoms with Crippen molar-refractivity contribution < 1.29 is 4.52 Å². The van der Waals surface area contributed by atoms with E-state index >= 15 is 0 Å². The average molecular weight is 462 g/mol. The third-order valence-electron chi connectivity index (χ3n) is 5.17. The summed E-state index contributed by atoms with van der Waals surface area (Å²) in [5.41, 5.74) is 3.41. The molecule has 1 unspecified atom stereocenters. The lowest BCUT2D eigenvalue weighted by Gasteiger charge is -2.31. The van der Waals surface area contributed by atoms with Gasteiger partial charge in [0.15, 0.2) is 0 Å². The molecule has 2 heterocycles. The minimum absolute atomic E-state index is 0.204. The zero-order valence-electron chi connectivity index (χ0n) is 15.7. The topological polar surface area (TPSA) is 28.1 Å². The van der Waals surface area contributed by atoms with E-state index in [0.29, 0.717) is 0 Å². The van der Waals surface area contributed by atoms with Crippen LogP contribution in [0.15, 0.2) is 69.1 Å². The van der Waals surface area contributed by atoms with Gasteiger partial charge in [0, 0.05) is 35.4 Å². The number of anilines is 1. The molecule has 2 aromatic carbocycles. The molecule has 0 amide bonds. The largest absolute Gasteiger partial charge is 0.444 e. The minimum Gasteiger partial charge on any atom is -0.444 e. The maximum Gasteiger partial charge on any atom is 0.253 e. The number of fused-ring (bicyclic) bond motifs is 1. The Morgan fingerprint density at radius 1 is 1.11 bits per heavy atom. The Kier molecular flexibility index (Phi) is 4.49. The lowest BCUT2D eigenvalue weighted by molar-refractivity contribution is 0.507. The molecule has 0 aromatic heterocycles. The number of hydrogen-bond acceptors (Lipinski definition) is 4. The van der Waals surface area contributed by atoms with Crippen LogP contribution in [0, 0.1) is 0 Å². The molecular formula is C20H21BrN3OPS. The highest BCUT2D eigenvalue weighted by molar-refractivity contribution is 9.10. The standard InChI is InChI=1S/C20H21BrN3OPS/c1-20(2)16-12-14(21)10-11-17(16)23(3)19(20)18-13-22-24(4)26(18,27)25-15-8-6-5-7-9-15/h5-13H,1-4H3/b19-18-. The van der Waals surface area contributed by atoms with Gasteiger partial charge in [0.05, 0.1) is 11.5 Å². The number of benzene rings is 2. The number of halogens is 1. The van der Waals surface area contributed by atoms with Crippen molar-refractivity contribution in [2.24, 2.45) is 5.10 Å². The van der Waals surface area contributed by atoms with E-state index in [2.05, 4.69) is 65.0 Å². The van der Waals surface area contributed by atoms with Gasteiger partial charge in [0.2, 0.25) is 0 Å². The van der Waals surface area contributed by atoms with Gasteiger partial charge in [-0.3, -0.25) is 0 Å². The molecular weight excluding hydrogens is 441 g/mol. The molecule has 7 heteroatoms. The Morgan fingerprint density at radius 2 is 1.81 bits per heavy atom. The summed E-state index contributed by atoms with van der Waals surface area (Å²) in [5.74, 6) is 0.773. The van der Waals surface area contributed by atoms with Gasteiger partial charge in [-0.1, -0.05) is 48.0 Å². The first-order chi connectivity index (χ1) is 12.7. The van der Waals surface area contributed by atoms with Crippen LogP contribution in [0.5, 0.6) is 5.75 Å². The molecule has 0 N–H and O–H groups in total. The maximum atomic E-state index is 6.40. The quantitative estimate of drug-likeness (QED) is 0.535. The predicted octanol–water partition coefficient (Wildman–Crippen LogP) is 5.71. The number of hydrazone groups is 1. The average Bonchev–Trinajstić information content (AvgIpc) is 3.00. The van der Waals surface area contributed by atoms with Gasteiger partial charge >= 0.3 is 0 Å². The first-order valence-corrected chi connectivity index (χ1v) is 12.1. The van der Waals surface area contributed by atoms with Crippen LogP contribution in [0.4, 0.5) is 5.69 Å². The first kappa shape index (κ1) is 18.7. The van der Waals surface area contributed by atoms with Crippen molar-refractivity contribution in [2.75, 3.05) is 19.0 Å². The Morgan fingerprint density at radius 3 is 2.52 bits per heavy atom. The van der Waals surface area contributed by atoms with E-state index in [-0.39, 0.29) is 5.41 Å². The SMILES string of the molecule is CN1/C(=C2/C=NN(C)P2(=S)Oc2ccccc2)C(C)(C)c2cc(Br)ccc21. The zero-order valence-corrected chi connectivity index (χ0v) is 19.0. The smallest absolute Gasteiger partial charge is 0.253 e. The van der Waals surface area contributed by atoms with Crippen molar-refractivity contribution in [2.45, 2.75) is 19.3 Å². The monoisotopic (exact) mass is 461 g/mol. The molecule has 0 bridgehead atoms. The lowest BCUT2D eigenvalue weighted by Crippen LogP contribution is -2.26. The third-order valence-corrected chi connectivity index (χ3v) is 9.44. The van der Waals surface area contributed by atoms with Crippen molar-refractivity contribution in [3.8, 4) is 5.75 Å². The summed E-state index contributed by atoms with van der Waals surface area (Å²) in [6.45, 7) is 4.47. The molecule has 140 valence electrons. The van der Waals surface area contributed by atoms with Crippen molar-refractivity contribution in [3.63, 3.8) is 0 Å². The van der Waals surface area contributed by atoms with Crippen molar-refractivity contribution in [3.05, 3.63) is 69.6 Å². The fourth-order valence-electron chi connectivity index (χ4n) is 3.82. The zero-order chi connectivity index (χ0) is 19.4. The fraction of sp³-hybridized carbons (Fsp3) is 0.250. The van der Waals surface area contributed by atoms with Crippen LogP contribution in [0.1, 0.15) is 19.4 Å². The highest BCUT2D eigenvalue weighted by Crippen LogP contribution is 2.64. The Bertz CT molecular complexity index is 1020. The second-order valence-corrected chi connectivity index (χ2v) is 11.9. The molecule has 1 atom stereocenters. The van der Waals surface area contributed by atoms with Gasteiger partial charge < -0.3 is 9.42 Å². The molecule has 4 rings (SSSR count). The number of rotatable bonds is 2. The normalized spacial score (nSPS) is 25.8. The van der Waals surface area contributed by atoms with E-state index in [4.69, 9.17) is 16.3 Å². The molecule has 0 radical (unpaired) electrons. The van der Waals surface area contributed by atoms with Crippen molar-refractivity contribution >= 4 is 46.1 Å². The van der Waals surface area contributed by atoms with Gasteiger partial charge in [-0.25, -0.2) is 4.78 Å². The summed E-state index contributed by atoms with van der Waals surface area (Å²) in [6.07, 6.45) is -0.642. The summed E-state index contributed by atoms with van der Waals surface area (Å²) in [5, 5.41) is 5.53. The highest BCUT2D eigenvalue weighted by atomic mass is 79.9. The third kappa shape index (κ3) is 2.86. The first-order valence-electron chi connectivity index (χ1n) is 8.67. The Labute approximate surface area is 173 Å². The Balaban J connectivity index is 1.88. The number of likely N-dealkylation sites (N-methyl/N-ethyl adjacent to an activating group) is 1. The Hall–Kier alpha value is -1.62. The van der Waals surface area contributed by atoms with E-state index < -0.39 is 6.42 Å². The molecule has 0 saturated carbocycles. The van der Waals surface area contributed by atoms with Gasteiger partial charge in [-0.15, -0.1) is 0 Å². The van der Waals surface area contributed by atoms with E-state index in [1.165, 1.54) is 11.3 Å². The molecule has 0 fully saturated rings. The second-order valence-electron chi connectivity index (χ2n) is 7.24. The van der Waals surface area contributed by atoms with Crippen LogP contribution in [-0.4, -0.2) is 25.1 Å². The number of para-hydroxylation sites is 1. The van der Waals surface area contributed by atoms with E-state index in [9.17, 15) is 0 Å². The molecule has 27 heavy (non-hydrogen) atoms. The van der Waals surface area contributed by atoms with Crippen LogP contribution in [0.25, 0.3) is 0 Å². The van der Waals surface area contributed by atoms with Crippen LogP contribution >= 0.6 is 22.3 Å². The molecule has 0 aliphatic carbocycles. The summed E-state index contributed by atoms with van der Waals surface area (Å²) in [4.78, 5) is 2.23. The molecule has 2 aliphatic heterocycles. The number of allylic oxidation sites excluding steroid dienone is 2. The van der Waals surface area contributed by atoms with Crippen LogP contribution in [0.3, 0.4) is 0 Å². The molecule has 2 aromatic rings. The van der Waals surface area contributed by atoms with E-state index in [1.807, 2.05) is 48.4 Å². The number of hydrogen-bond donors (Lipinski definition) is 0. The molecule has 0 saturated heterocycles. The summed E-state index contributed by atoms with van der Waals surface area (Å²) in [6, 6.07) is 16.2. The van der Waals surface area contributed by atoms with E-state index in [0.717, 1.165) is 21.2 Å². The van der Waals surface area contributed by atoms with Crippen molar-refractivity contribution in [1.82, 2.24) is 4.78 Å². The van der Waals surface area contributed by atoms with Gasteiger partial charge in [0.1, 0.15) is 5.75 Å². The van der Waals surface area contributed by atoms with Crippen LogP contribution < -0.4 is 9.42 Å². The van der Waals surface area contributed by atoms with Gasteiger partial charge in [-0.2, -0.15) is 5.10 Å². The lowest BCUT2D eigenvalue weighted by atomic mass is 9.84. The molecule has 0 spiro atoms. The fourth-order valence-corrected chi connectivity index (χ4v) is 6.99.